The van der Waals surface area contributed by atoms with Crippen LogP contribution in [0.15, 0.2) is 71.6 Å². The molecule has 140 valence electrons. The third kappa shape index (κ3) is 4.18. The first-order valence-electron chi connectivity index (χ1n) is 8.21. The zero-order chi connectivity index (χ0) is 19.4. The van der Waals surface area contributed by atoms with E-state index in [1.165, 1.54) is 6.07 Å². The fourth-order valence-corrected chi connectivity index (χ4v) is 3.80. The molecule has 3 N–H and O–H groups in total. The van der Waals surface area contributed by atoms with E-state index < -0.39 is 16.1 Å². The van der Waals surface area contributed by atoms with Crippen LogP contribution in [0.5, 0.6) is 0 Å². The maximum Gasteiger partial charge on any atom is 0.334 e. The molecule has 0 atom stereocenters. The molecule has 0 bridgehead atoms. The molecule has 0 unspecified atom stereocenters. The number of rotatable bonds is 5. The van der Waals surface area contributed by atoms with Gasteiger partial charge in [0, 0.05) is 36.2 Å². The summed E-state index contributed by atoms with van der Waals surface area (Å²) >= 11 is 0. The van der Waals surface area contributed by atoms with E-state index in [1.54, 1.807) is 42.5 Å². The van der Waals surface area contributed by atoms with Crippen LogP contribution in [0.4, 0.5) is 16.2 Å². The number of hydrogen-bond acceptors (Lipinski definition) is 4. The third-order valence-corrected chi connectivity index (χ3v) is 5.27. The Hall–Kier alpha value is -3.10. The van der Waals surface area contributed by atoms with Crippen LogP contribution < -0.4 is 20.5 Å². The van der Waals surface area contributed by atoms with E-state index in [0.717, 1.165) is 11.1 Å². The van der Waals surface area contributed by atoms with E-state index in [-0.39, 0.29) is 4.90 Å². The number of nitrogens with zero attached hydrogens (tertiary/aromatic N) is 1. The van der Waals surface area contributed by atoms with Crippen molar-refractivity contribution in [3.8, 4) is 0 Å². The largest absolute Gasteiger partial charge is 0.377 e. The highest BCUT2D eigenvalue weighted by Crippen LogP contribution is 2.29. The van der Waals surface area contributed by atoms with Crippen molar-refractivity contribution in [1.29, 1.82) is 0 Å². The molecule has 0 fully saturated rings. The van der Waals surface area contributed by atoms with Crippen molar-refractivity contribution < 1.29 is 13.2 Å². The minimum Gasteiger partial charge on any atom is -0.377 e. The molecule has 3 aromatic rings. The van der Waals surface area contributed by atoms with Gasteiger partial charge in [-0.05, 0) is 24.3 Å². The highest BCUT2D eigenvalue weighted by atomic mass is 32.2. The first kappa shape index (κ1) is 18.7. The SMILES string of the molecule is CN(C)c1cccc2c(S(=O)(=O)NNC(=O)Nc3ccccc3)cccc12. The van der Waals surface area contributed by atoms with Crippen molar-refractivity contribution in [2.45, 2.75) is 4.90 Å². The topological polar surface area (TPSA) is 90.5 Å². The van der Waals surface area contributed by atoms with Crippen molar-refractivity contribution >= 4 is 38.2 Å². The van der Waals surface area contributed by atoms with E-state index in [0.29, 0.717) is 11.1 Å². The monoisotopic (exact) mass is 384 g/mol. The third-order valence-electron chi connectivity index (χ3n) is 3.96. The predicted octanol–water partition coefficient (Wildman–Crippen LogP) is 2.92. The Morgan fingerprint density at radius 3 is 2.22 bits per heavy atom. The number of nitrogens with one attached hydrogen (secondary N) is 3. The fraction of sp³-hybridized carbons (Fsp3) is 0.105. The molecule has 3 aromatic carbocycles. The molecule has 3 rings (SSSR count). The number of hydrogen-bond donors (Lipinski definition) is 3. The number of benzene rings is 3. The average molecular weight is 384 g/mol. The molecule has 0 spiro atoms. The van der Waals surface area contributed by atoms with Gasteiger partial charge in [-0.25, -0.2) is 13.2 Å². The number of anilines is 2. The molecule has 0 heterocycles. The Kier molecular flexibility index (Phi) is 5.29. The number of amides is 2. The van der Waals surface area contributed by atoms with Crippen LogP contribution in [0.3, 0.4) is 0 Å². The maximum absolute atomic E-state index is 12.7. The molecule has 0 radical (unpaired) electrons. The fourth-order valence-electron chi connectivity index (χ4n) is 2.74. The van der Waals surface area contributed by atoms with Gasteiger partial charge in [0.1, 0.15) is 0 Å². The van der Waals surface area contributed by atoms with E-state index in [9.17, 15) is 13.2 Å². The van der Waals surface area contributed by atoms with Crippen LogP contribution in [-0.4, -0.2) is 28.5 Å². The van der Waals surface area contributed by atoms with Gasteiger partial charge < -0.3 is 10.2 Å². The van der Waals surface area contributed by atoms with E-state index in [4.69, 9.17) is 0 Å². The minimum atomic E-state index is -3.96. The van der Waals surface area contributed by atoms with Crippen molar-refractivity contribution in [2.24, 2.45) is 0 Å². The molecule has 0 aliphatic carbocycles. The summed E-state index contributed by atoms with van der Waals surface area (Å²) in [7, 11) is -0.172. The van der Waals surface area contributed by atoms with Crippen LogP contribution in [0, 0.1) is 0 Å². The van der Waals surface area contributed by atoms with Crippen LogP contribution >= 0.6 is 0 Å². The zero-order valence-electron chi connectivity index (χ0n) is 14.9. The second-order valence-corrected chi connectivity index (χ2v) is 7.72. The number of carbonyl (C=O) groups is 1. The predicted molar refractivity (Wildman–Crippen MR) is 107 cm³/mol. The Balaban J connectivity index is 1.83. The van der Waals surface area contributed by atoms with E-state index in [1.807, 2.05) is 37.2 Å². The van der Waals surface area contributed by atoms with Gasteiger partial charge in [-0.15, -0.1) is 4.83 Å². The quantitative estimate of drug-likeness (QED) is 0.590. The lowest BCUT2D eigenvalue weighted by Gasteiger charge is -2.17. The summed E-state index contributed by atoms with van der Waals surface area (Å²) in [4.78, 5) is 16.1. The lowest BCUT2D eigenvalue weighted by molar-refractivity contribution is 0.250. The van der Waals surface area contributed by atoms with Gasteiger partial charge in [0.2, 0.25) is 0 Å². The molecular formula is C19H20N4O3S. The van der Waals surface area contributed by atoms with E-state index in [2.05, 4.69) is 15.6 Å². The lowest BCUT2D eigenvalue weighted by Crippen LogP contribution is -2.43. The minimum absolute atomic E-state index is 0.0868. The van der Waals surface area contributed by atoms with Gasteiger partial charge in [0.25, 0.3) is 10.0 Å². The van der Waals surface area contributed by atoms with Gasteiger partial charge in [-0.1, -0.05) is 42.5 Å². The van der Waals surface area contributed by atoms with Gasteiger partial charge in [-0.2, -0.15) is 0 Å². The van der Waals surface area contributed by atoms with Gasteiger partial charge in [-0.3, -0.25) is 5.43 Å². The van der Waals surface area contributed by atoms with Crippen LogP contribution in [0.1, 0.15) is 0 Å². The summed E-state index contributed by atoms with van der Waals surface area (Å²) in [6.45, 7) is 0. The van der Waals surface area contributed by atoms with Crippen molar-refractivity contribution in [3.05, 3.63) is 66.7 Å². The lowest BCUT2D eigenvalue weighted by atomic mass is 10.1. The Labute approximate surface area is 158 Å². The molecular weight excluding hydrogens is 364 g/mol. The smallest absolute Gasteiger partial charge is 0.334 e. The molecule has 0 saturated carbocycles. The number of carbonyl (C=O) groups excluding carboxylic acids is 1. The average Bonchev–Trinajstić information content (AvgIpc) is 2.66. The van der Waals surface area contributed by atoms with Crippen LogP contribution in [0.25, 0.3) is 10.8 Å². The van der Waals surface area contributed by atoms with Crippen LogP contribution in [0.2, 0.25) is 0 Å². The van der Waals surface area contributed by atoms with E-state index >= 15 is 0 Å². The van der Waals surface area contributed by atoms with Crippen LogP contribution in [-0.2, 0) is 10.0 Å². The molecule has 7 nitrogen and oxygen atoms in total. The standard InChI is InChI=1S/C19H20N4O3S/c1-23(2)17-12-6-11-16-15(17)10-7-13-18(16)27(25,26)22-21-19(24)20-14-8-4-3-5-9-14/h3-13,22H,1-2H3,(H2,20,21,24). The normalized spacial score (nSPS) is 11.2. The highest BCUT2D eigenvalue weighted by molar-refractivity contribution is 7.89. The second kappa shape index (κ2) is 7.65. The number of fused-ring (bicyclic) bond motifs is 1. The van der Waals surface area contributed by atoms with Crippen molar-refractivity contribution in [1.82, 2.24) is 10.3 Å². The highest BCUT2D eigenvalue weighted by Gasteiger charge is 2.19. The molecule has 27 heavy (non-hydrogen) atoms. The summed E-state index contributed by atoms with van der Waals surface area (Å²) < 4.78 is 25.4. The Morgan fingerprint density at radius 1 is 0.852 bits per heavy atom. The number of para-hydroxylation sites is 1. The molecule has 0 aromatic heterocycles. The zero-order valence-corrected chi connectivity index (χ0v) is 15.7. The summed E-state index contributed by atoms with van der Waals surface area (Å²) in [5.41, 5.74) is 3.63. The molecule has 2 amide bonds. The summed E-state index contributed by atoms with van der Waals surface area (Å²) in [6, 6.07) is 18.5. The Morgan fingerprint density at radius 2 is 1.52 bits per heavy atom. The number of hydrazine groups is 1. The van der Waals surface area contributed by atoms with Crippen molar-refractivity contribution in [2.75, 3.05) is 24.3 Å². The number of sulfonamides is 1. The summed E-state index contributed by atoms with van der Waals surface area (Å²) in [6.07, 6.45) is 0. The van der Waals surface area contributed by atoms with Gasteiger partial charge in [0.05, 0.1) is 4.90 Å². The Bertz CT molecular complexity index is 1070. The summed E-state index contributed by atoms with van der Waals surface area (Å²) in [5, 5.41) is 3.92. The maximum atomic E-state index is 12.7. The molecule has 0 aliphatic heterocycles. The first-order chi connectivity index (χ1) is 12.9. The second-order valence-electron chi connectivity index (χ2n) is 6.07. The molecule has 8 heteroatoms. The van der Waals surface area contributed by atoms with Gasteiger partial charge >= 0.3 is 6.03 Å². The molecule has 0 saturated heterocycles. The first-order valence-corrected chi connectivity index (χ1v) is 9.70. The number of urea groups is 1. The summed E-state index contributed by atoms with van der Waals surface area (Å²) in [5.74, 6) is 0. The van der Waals surface area contributed by atoms with Gasteiger partial charge in [0.15, 0.2) is 0 Å². The van der Waals surface area contributed by atoms with Crippen molar-refractivity contribution in [3.63, 3.8) is 0 Å². The molecule has 0 aliphatic rings.